The molecule has 0 saturated carbocycles. The number of hydrogen-bond acceptors (Lipinski definition) is 4. The number of pyridine rings is 2. The molecule has 0 aliphatic rings. The summed E-state index contributed by atoms with van der Waals surface area (Å²) >= 11 is 0. The van der Waals surface area contributed by atoms with E-state index in [4.69, 9.17) is 9.97 Å². The molecule has 4 aromatic heterocycles. The topological polar surface area (TPSA) is 68.7 Å². The van der Waals surface area contributed by atoms with Crippen LogP contribution in [0.25, 0.3) is 65.7 Å². The first-order valence-electron chi connectivity index (χ1n) is 11.4. The van der Waals surface area contributed by atoms with Gasteiger partial charge in [-0.3, -0.25) is 18.4 Å². The van der Waals surface area contributed by atoms with E-state index in [0.717, 1.165) is 43.6 Å². The number of imidazole rings is 2. The zero-order valence-corrected chi connectivity index (χ0v) is 18.5. The van der Waals surface area contributed by atoms with E-state index < -0.39 is 0 Å². The largest absolute Gasteiger partial charge is 0.268 e. The second kappa shape index (κ2) is 7.21. The fourth-order valence-corrected chi connectivity index (χ4v) is 5.29. The zero-order valence-electron chi connectivity index (χ0n) is 18.5. The van der Waals surface area contributed by atoms with Crippen molar-refractivity contribution in [2.24, 2.45) is 0 Å². The van der Waals surface area contributed by atoms with Gasteiger partial charge in [0.15, 0.2) is 0 Å². The summed E-state index contributed by atoms with van der Waals surface area (Å²) in [6.45, 7) is 4.00. The number of hydrogen-bond donors (Lipinski definition) is 0. The molecular weight excluding hydrogens is 436 g/mol. The Morgan fingerprint density at radius 3 is 1.34 bits per heavy atom. The summed E-state index contributed by atoms with van der Waals surface area (Å²) in [5, 5.41) is 4.42. The number of nitrogens with zero attached hydrogens (tertiary/aromatic N) is 4. The fraction of sp³-hybridized carbons (Fsp3) is 0.103. The Morgan fingerprint density at radius 1 is 0.543 bits per heavy atom. The van der Waals surface area contributed by atoms with E-state index in [2.05, 4.69) is 0 Å². The normalized spacial score (nSPS) is 11.7. The van der Waals surface area contributed by atoms with Crippen molar-refractivity contribution >= 4 is 65.7 Å². The molecule has 0 aliphatic heterocycles. The lowest BCUT2D eigenvalue weighted by molar-refractivity contribution is 1.18. The Morgan fingerprint density at radius 2 is 0.914 bits per heavy atom. The van der Waals surface area contributed by atoms with Crippen molar-refractivity contribution in [3.05, 3.63) is 93.5 Å². The van der Waals surface area contributed by atoms with E-state index in [9.17, 15) is 9.59 Å². The minimum absolute atomic E-state index is 0. The Hall–Kier alpha value is -4.58. The average Bonchev–Trinajstić information content (AvgIpc) is 3.47. The molecule has 0 amide bonds. The van der Waals surface area contributed by atoms with Crippen LogP contribution in [0.5, 0.6) is 0 Å². The SMILES string of the molecule is C.CC.O=c1c2ccc3c(=O)n4c5ccccc5nc4c4ccc(c2c34)c2nc3ccccc3n12. The van der Waals surface area contributed by atoms with Crippen molar-refractivity contribution in [1.29, 1.82) is 0 Å². The van der Waals surface area contributed by atoms with Crippen molar-refractivity contribution in [2.45, 2.75) is 21.3 Å². The molecule has 8 aromatic rings. The van der Waals surface area contributed by atoms with Gasteiger partial charge in [-0.2, -0.15) is 0 Å². The highest BCUT2D eigenvalue weighted by molar-refractivity contribution is 6.27. The first kappa shape index (κ1) is 21.0. The Bertz CT molecular complexity index is 2030. The number of rotatable bonds is 0. The van der Waals surface area contributed by atoms with Crippen LogP contribution in [-0.4, -0.2) is 18.8 Å². The number of aromatic nitrogens is 4. The molecule has 170 valence electrons. The highest BCUT2D eigenvalue weighted by atomic mass is 16.1. The van der Waals surface area contributed by atoms with Crippen molar-refractivity contribution < 1.29 is 0 Å². The standard InChI is InChI=1S/C26H12N4O2.C2H6.CH4/c31-25-15-11-12-16-22-14(24-28-18-6-2-4-8-20(18)30(24)26(16)32)10-9-13(21(15)22)23-27-17-5-1-3-7-19(17)29(23)25;1-2;/h1-12H;1-2H3;1H4. The van der Waals surface area contributed by atoms with Crippen molar-refractivity contribution in [2.75, 3.05) is 0 Å². The maximum absolute atomic E-state index is 13.6. The molecule has 0 saturated heterocycles. The zero-order chi connectivity index (χ0) is 23.1. The maximum Gasteiger partial charge on any atom is 0.264 e. The lowest BCUT2D eigenvalue weighted by Gasteiger charge is -2.12. The Balaban J connectivity index is 0.000000745. The molecule has 0 radical (unpaired) electrons. The fourth-order valence-electron chi connectivity index (χ4n) is 5.29. The minimum Gasteiger partial charge on any atom is -0.268 e. The number of benzene rings is 4. The molecule has 0 aliphatic carbocycles. The van der Waals surface area contributed by atoms with Crippen LogP contribution in [0.2, 0.25) is 0 Å². The smallest absolute Gasteiger partial charge is 0.264 e. The van der Waals surface area contributed by atoms with Crippen molar-refractivity contribution in [3.8, 4) is 0 Å². The molecule has 0 spiro atoms. The first-order valence-corrected chi connectivity index (χ1v) is 11.4. The van der Waals surface area contributed by atoms with Crippen LogP contribution in [0.15, 0.2) is 82.4 Å². The van der Waals surface area contributed by atoms with Gasteiger partial charge in [0, 0.05) is 32.3 Å². The molecule has 0 fully saturated rings. The van der Waals surface area contributed by atoms with Crippen LogP contribution in [0, 0.1) is 0 Å². The second-order valence-corrected chi connectivity index (χ2v) is 8.20. The third-order valence-electron chi connectivity index (χ3n) is 6.63. The van der Waals surface area contributed by atoms with Gasteiger partial charge in [0.2, 0.25) is 0 Å². The molecule has 0 atom stereocenters. The first-order chi connectivity index (χ1) is 16.7. The highest BCUT2D eigenvalue weighted by Crippen LogP contribution is 2.36. The summed E-state index contributed by atoms with van der Waals surface area (Å²) < 4.78 is 3.35. The van der Waals surface area contributed by atoms with Gasteiger partial charge >= 0.3 is 0 Å². The van der Waals surface area contributed by atoms with Crippen LogP contribution >= 0.6 is 0 Å². The van der Waals surface area contributed by atoms with Gasteiger partial charge in [-0.15, -0.1) is 0 Å². The van der Waals surface area contributed by atoms with Crippen LogP contribution in [0.1, 0.15) is 21.3 Å². The van der Waals surface area contributed by atoms with E-state index in [1.807, 2.05) is 74.5 Å². The highest BCUT2D eigenvalue weighted by Gasteiger charge is 2.21. The molecular formula is C29H22N4O2. The lowest BCUT2D eigenvalue weighted by Crippen LogP contribution is -2.16. The molecule has 0 N–H and O–H groups in total. The third-order valence-corrected chi connectivity index (χ3v) is 6.63. The third kappa shape index (κ3) is 2.43. The number of fused-ring (bicyclic) bond motifs is 8. The van der Waals surface area contributed by atoms with E-state index in [-0.39, 0.29) is 18.5 Å². The Labute approximate surface area is 199 Å². The van der Waals surface area contributed by atoms with Crippen LogP contribution < -0.4 is 11.1 Å². The van der Waals surface area contributed by atoms with E-state index in [1.165, 1.54) is 0 Å². The average molecular weight is 459 g/mol. The van der Waals surface area contributed by atoms with E-state index in [0.29, 0.717) is 22.1 Å². The summed E-state index contributed by atoms with van der Waals surface area (Å²) in [5.41, 5.74) is 4.07. The van der Waals surface area contributed by atoms with Crippen LogP contribution in [0.3, 0.4) is 0 Å². The minimum atomic E-state index is -0.128. The molecule has 6 nitrogen and oxygen atoms in total. The molecule has 4 aromatic carbocycles. The van der Waals surface area contributed by atoms with Gasteiger partial charge in [-0.25, -0.2) is 9.97 Å². The van der Waals surface area contributed by atoms with Gasteiger partial charge < -0.3 is 0 Å². The molecule has 6 heteroatoms. The van der Waals surface area contributed by atoms with Gasteiger partial charge in [-0.1, -0.05) is 45.5 Å². The molecule has 0 bridgehead atoms. The van der Waals surface area contributed by atoms with Crippen molar-refractivity contribution in [1.82, 2.24) is 18.8 Å². The van der Waals surface area contributed by atoms with Gasteiger partial charge in [0.25, 0.3) is 11.1 Å². The molecule has 35 heavy (non-hydrogen) atoms. The second-order valence-electron chi connectivity index (χ2n) is 8.20. The van der Waals surface area contributed by atoms with Gasteiger partial charge in [0.05, 0.1) is 22.1 Å². The van der Waals surface area contributed by atoms with E-state index in [1.54, 1.807) is 20.9 Å². The predicted molar refractivity (Wildman–Crippen MR) is 144 cm³/mol. The number of para-hydroxylation sites is 4. The summed E-state index contributed by atoms with van der Waals surface area (Å²) in [4.78, 5) is 36.7. The van der Waals surface area contributed by atoms with Crippen LogP contribution in [0.4, 0.5) is 0 Å². The summed E-state index contributed by atoms with van der Waals surface area (Å²) in [6, 6.07) is 22.8. The maximum atomic E-state index is 13.6. The summed E-state index contributed by atoms with van der Waals surface area (Å²) in [5.74, 6) is 0. The molecule has 0 unspecified atom stereocenters. The van der Waals surface area contributed by atoms with Crippen molar-refractivity contribution in [3.63, 3.8) is 0 Å². The molecule has 4 heterocycles. The quantitative estimate of drug-likeness (QED) is 0.261. The monoisotopic (exact) mass is 458 g/mol. The molecule has 8 rings (SSSR count). The van der Waals surface area contributed by atoms with E-state index >= 15 is 0 Å². The summed E-state index contributed by atoms with van der Waals surface area (Å²) in [7, 11) is 0. The predicted octanol–water partition coefficient (Wildman–Crippen LogP) is 6.01. The van der Waals surface area contributed by atoms with Gasteiger partial charge in [-0.05, 0) is 48.5 Å². The van der Waals surface area contributed by atoms with Crippen LogP contribution in [-0.2, 0) is 0 Å². The Kier molecular flexibility index (Phi) is 4.32. The summed E-state index contributed by atoms with van der Waals surface area (Å²) in [6.07, 6.45) is 0. The van der Waals surface area contributed by atoms with Gasteiger partial charge in [0.1, 0.15) is 11.3 Å². The lowest BCUT2D eigenvalue weighted by atomic mass is 9.96.